The summed E-state index contributed by atoms with van der Waals surface area (Å²) in [6, 6.07) is 14.5. The van der Waals surface area contributed by atoms with Gasteiger partial charge in [-0.2, -0.15) is 0 Å². The SMILES string of the molecule is O=C(NCc1cccc(OCC(F)F)c1)N1CCc2ccccc21. The zero-order valence-corrected chi connectivity index (χ0v) is 13.0. The van der Waals surface area contributed by atoms with Gasteiger partial charge in [-0.1, -0.05) is 30.3 Å². The zero-order chi connectivity index (χ0) is 16.9. The first-order valence-corrected chi connectivity index (χ1v) is 7.76. The molecule has 2 amide bonds. The molecule has 0 fully saturated rings. The maximum atomic E-state index is 12.4. The lowest BCUT2D eigenvalue weighted by Gasteiger charge is -2.18. The van der Waals surface area contributed by atoms with Gasteiger partial charge in [-0.25, -0.2) is 13.6 Å². The summed E-state index contributed by atoms with van der Waals surface area (Å²) in [5, 5.41) is 2.86. The number of carbonyl (C=O) groups is 1. The second-order valence-corrected chi connectivity index (χ2v) is 5.54. The summed E-state index contributed by atoms with van der Waals surface area (Å²) in [4.78, 5) is 14.1. The molecule has 0 unspecified atom stereocenters. The van der Waals surface area contributed by atoms with Crippen LogP contribution in [0.3, 0.4) is 0 Å². The number of halogens is 2. The van der Waals surface area contributed by atoms with Crippen LogP contribution in [-0.2, 0) is 13.0 Å². The molecule has 2 aromatic rings. The molecular weight excluding hydrogens is 314 g/mol. The molecule has 0 radical (unpaired) electrons. The van der Waals surface area contributed by atoms with Gasteiger partial charge in [0.05, 0.1) is 0 Å². The molecule has 0 spiro atoms. The van der Waals surface area contributed by atoms with Crippen molar-refractivity contribution in [2.24, 2.45) is 0 Å². The highest BCUT2D eigenvalue weighted by molar-refractivity contribution is 5.94. The normalized spacial score (nSPS) is 13.0. The summed E-state index contributed by atoms with van der Waals surface area (Å²) < 4.78 is 29.4. The van der Waals surface area contributed by atoms with Crippen LogP contribution in [0.1, 0.15) is 11.1 Å². The molecule has 24 heavy (non-hydrogen) atoms. The molecule has 0 bridgehead atoms. The second-order valence-electron chi connectivity index (χ2n) is 5.54. The standard InChI is InChI=1S/C18H18F2N2O2/c19-17(20)12-24-15-6-3-4-13(10-15)11-21-18(23)22-9-8-14-5-1-2-7-16(14)22/h1-7,10,17H,8-9,11-12H2,(H,21,23). The van der Waals surface area contributed by atoms with Crippen LogP contribution in [0.25, 0.3) is 0 Å². The molecule has 1 aliphatic heterocycles. The Morgan fingerprint density at radius 3 is 2.88 bits per heavy atom. The highest BCUT2D eigenvalue weighted by atomic mass is 19.3. The third kappa shape index (κ3) is 3.82. The number of hydrogen-bond acceptors (Lipinski definition) is 2. The Balaban J connectivity index is 1.58. The molecule has 0 aliphatic carbocycles. The average Bonchev–Trinajstić information content (AvgIpc) is 3.02. The predicted molar refractivity (Wildman–Crippen MR) is 87.7 cm³/mol. The first-order valence-electron chi connectivity index (χ1n) is 7.76. The Bertz CT molecular complexity index is 722. The van der Waals surface area contributed by atoms with Crippen molar-refractivity contribution in [1.29, 1.82) is 0 Å². The monoisotopic (exact) mass is 332 g/mol. The lowest BCUT2D eigenvalue weighted by Crippen LogP contribution is -2.38. The number of amides is 2. The van der Waals surface area contributed by atoms with Crippen LogP contribution >= 0.6 is 0 Å². The quantitative estimate of drug-likeness (QED) is 0.909. The van der Waals surface area contributed by atoms with Crippen LogP contribution in [0.2, 0.25) is 0 Å². The number of anilines is 1. The van der Waals surface area contributed by atoms with E-state index in [2.05, 4.69) is 5.32 Å². The molecule has 1 aliphatic rings. The summed E-state index contributed by atoms with van der Waals surface area (Å²) in [6.07, 6.45) is -1.66. The van der Waals surface area contributed by atoms with E-state index in [1.165, 1.54) is 0 Å². The van der Waals surface area contributed by atoms with Crippen molar-refractivity contribution >= 4 is 11.7 Å². The minimum Gasteiger partial charge on any atom is -0.488 e. The summed E-state index contributed by atoms with van der Waals surface area (Å²) in [7, 11) is 0. The first kappa shape index (κ1) is 16.2. The fraction of sp³-hybridized carbons (Fsp3) is 0.278. The van der Waals surface area contributed by atoms with E-state index >= 15 is 0 Å². The molecular formula is C18H18F2N2O2. The van der Waals surface area contributed by atoms with Gasteiger partial charge in [0, 0.05) is 18.8 Å². The molecule has 1 N–H and O–H groups in total. The lowest BCUT2D eigenvalue weighted by molar-refractivity contribution is 0.0818. The number of benzene rings is 2. The zero-order valence-electron chi connectivity index (χ0n) is 13.0. The van der Waals surface area contributed by atoms with Gasteiger partial charge in [0.15, 0.2) is 0 Å². The molecule has 0 atom stereocenters. The Hall–Kier alpha value is -2.63. The minimum atomic E-state index is -2.51. The van der Waals surface area contributed by atoms with Gasteiger partial charge in [0.2, 0.25) is 0 Å². The smallest absolute Gasteiger partial charge is 0.322 e. The third-order valence-electron chi connectivity index (χ3n) is 3.85. The van der Waals surface area contributed by atoms with Crippen LogP contribution in [0.5, 0.6) is 5.75 Å². The number of rotatable bonds is 5. The van der Waals surface area contributed by atoms with Gasteiger partial charge in [-0.15, -0.1) is 0 Å². The van der Waals surface area contributed by atoms with Crippen LogP contribution in [-0.4, -0.2) is 25.6 Å². The number of nitrogens with one attached hydrogen (secondary N) is 1. The highest BCUT2D eigenvalue weighted by Crippen LogP contribution is 2.27. The molecule has 6 heteroatoms. The third-order valence-corrected chi connectivity index (χ3v) is 3.85. The topological polar surface area (TPSA) is 41.6 Å². The molecule has 1 heterocycles. The Labute approximate surface area is 139 Å². The van der Waals surface area contributed by atoms with Gasteiger partial charge in [-0.05, 0) is 35.7 Å². The fourth-order valence-electron chi connectivity index (χ4n) is 2.73. The van der Waals surface area contributed by atoms with Crippen molar-refractivity contribution in [2.45, 2.75) is 19.4 Å². The van der Waals surface area contributed by atoms with Gasteiger partial charge in [0.25, 0.3) is 6.43 Å². The second kappa shape index (κ2) is 7.29. The van der Waals surface area contributed by atoms with Crippen LogP contribution in [0.4, 0.5) is 19.3 Å². The fourth-order valence-corrected chi connectivity index (χ4v) is 2.73. The average molecular weight is 332 g/mol. The number of carbonyl (C=O) groups excluding carboxylic acids is 1. The largest absolute Gasteiger partial charge is 0.488 e. The maximum Gasteiger partial charge on any atom is 0.322 e. The van der Waals surface area contributed by atoms with E-state index in [9.17, 15) is 13.6 Å². The number of para-hydroxylation sites is 1. The maximum absolute atomic E-state index is 12.4. The highest BCUT2D eigenvalue weighted by Gasteiger charge is 2.23. The number of nitrogens with zero attached hydrogens (tertiary/aromatic N) is 1. The minimum absolute atomic E-state index is 0.168. The van der Waals surface area contributed by atoms with E-state index in [4.69, 9.17) is 4.74 Å². The molecule has 126 valence electrons. The van der Waals surface area contributed by atoms with Crippen molar-refractivity contribution in [1.82, 2.24) is 5.32 Å². The number of hydrogen-bond donors (Lipinski definition) is 1. The van der Waals surface area contributed by atoms with Crippen LogP contribution in [0.15, 0.2) is 48.5 Å². The Kier molecular flexibility index (Phi) is 4.93. The molecule has 0 aromatic heterocycles. The van der Waals surface area contributed by atoms with Crippen molar-refractivity contribution in [2.75, 3.05) is 18.1 Å². The molecule has 4 nitrogen and oxygen atoms in total. The van der Waals surface area contributed by atoms with Gasteiger partial charge < -0.3 is 10.1 Å². The molecule has 0 saturated carbocycles. The summed E-state index contributed by atoms with van der Waals surface area (Å²) in [6.45, 7) is 0.326. The molecule has 2 aromatic carbocycles. The molecule has 0 saturated heterocycles. The molecule has 3 rings (SSSR count). The summed E-state index contributed by atoms with van der Waals surface area (Å²) in [5.41, 5.74) is 2.89. The summed E-state index contributed by atoms with van der Waals surface area (Å²) in [5.74, 6) is 0.369. The predicted octanol–water partition coefficient (Wildman–Crippen LogP) is 3.60. The van der Waals surface area contributed by atoms with E-state index in [1.54, 1.807) is 23.1 Å². The van der Waals surface area contributed by atoms with Crippen LogP contribution < -0.4 is 15.0 Å². The van der Waals surface area contributed by atoms with E-state index in [0.717, 1.165) is 23.2 Å². The lowest BCUT2D eigenvalue weighted by atomic mass is 10.2. The number of urea groups is 1. The Morgan fingerprint density at radius 1 is 1.21 bits per heavy atom. The van der Waals surface area contributed by atoms with Crippen molar-refractivity contribution in [3.8, 4) is 5.75 Å². The van der Waals surface area contributed by atoms with Crippen molar-refractivity contribution in [3.05, 3.63) is 59.7 Å². The first-order chi connectivity index (χ1) is 11.6. The number of fused-ring (bicyclic) bond motifs is 1. The number of ether oxygens (including phenoxy) is 1. The Morgan fingerprint density at radius 2 is 2.04 bits per heavy atom. The number of alkyl halides is 2. The van der Waals surface area contributed by atoms with E-state index < -0.39 is 13.0 Å². The van der Waals surface area contributed by atoms with E-state index in [-0.39, 0.29) is 6.03 Å². The van der Waals surface area contributed by atoms with Crippen LogP contribution in [0, 0.1) is 0 Å². The van der Waals surface area contributed by atoms with Crippen molar-refractivity contribution in [3.63, 3.8) is 0 Å². The van der Waals surface area contributed by atoms with E-state index in [1.807, 2.05) is 30.3 Å². The van der Waals surface area contributed by atoms with Gasteiger partial charge >= 0.3 is 6.03 Å². The van der Waals surface area contributed by atoms with Crippen molar-refractivity contribution < 1.29 is 18.3 Å². The van der Waals surface area contributed by atoms with Gasteiger partial charge in [0.1, 0.15) is 12.4 Å². The van der Waals surface area contributed by atoms with Gasteiger partial charge in [-0.3, -0.25) is 4.90 Å². The van der Waals surface area contributed by atoms with E-state index in [0.29, 0.717) is 18.8 Å². The summed E-state index contributed by atoms with van der Waals surface area (Å²) >= 11 is 0.